The second kappa shape index (κ2) is 7.64. The highest BCUT2D eigenvalue weighted by Crippen LogP contribution is 2.44. The van der Waals surface area contributed by atoms with Gasteiger partial charge >= 0.3 is 12.2 Å². The van der Waals surface area contributed by atoms with Gasteiger partial charge < -0.3 is 15.7 Å². The van der Waals surface area contributed by atoms with Crippen LogP contribution >= 0.6 is 0 Å². The van der Waals surface area contributed by atoms with E-state index in [1.165, 1.54) is 17.4 Å². The van der Waals surface area contributed by atoms with E-state index >= 15 is 0 Å². The molecule has 1 fully saturated rings. The highest BCUT2D eigenvalue weighted by Gasteiger charge is 2.66. The molecule has 9 heteroatoms. The third-order valence-electron chi connectivity index (χ3n) is 5.35. The van der Waals surface area contributed by atoms with Gasteiger partial charge in [0.25, 0.3) is 0 Å². The van der Waals surface area contributed by atoms with Crippen LogP contribution in [-0.4, -0.2) is 28.8 Å². The summed E-state index contributed by atoms with van der Waals surface area (Å²) in [6, 6.07) is 7.58. The van der Waals surface area contributed by atoms with Crippen LogP contribution in [0.15, 0.2) is 48.5 Å². The van der Waals surface area contributed by atoms with Crippen molar-refractivity contribution in [1.29, 1.82) is 0 Å². The van der Waals surface area contributed by atoms with Crippen molar-refractivity contribution in [3.63, 3.8) is 0 Å². The van der Waals surface area contributed by atoms with E-state index in [-0.39, 0.29) is 16.5 Å². The van der Waals surface area contributed by atoms with E-state index < -0.39 is 41.5 Å². The summed E-state index contributed by atoms with van der Waals surface area (Å²) in [5.74, 6) is -3.93. The highest BCUT2D eigenvalue weighted by molar-refractivity contribution is 6.00. The van der Waals surface area contributed by atoms with Gasteiger partial charge in [-0.05, 0) is 40.8 Å². The van der Waals surface area contributed by atoms with Gasteiger partial charge in [-0.3, -0.25) is 4.79 Å². The van der Waals surface area contributed by atoms with Gasteiger partial charge in [0.2, 0.25) is 5.72 Å². The normalized spacial score (nSPS) is 24.3. The third kappa shape index (κ3) is 4.27. The number of urea groups is 1. The summed E-state index contributed by atoms with van der Waals surface area (Å²) in [7, 11) is 0. The Bertz CT molecular complexity index is 982. The van der Waals surface area contributed by atoms with E-state index in [4.69, 9.17) is 0 Å². The zero-order chi connectivity index (χ0) is 23.2. The SMILES string of the molecule is CC(C)(C)c1ccc([C@@H]2NC(=O)N[C@](O)(C(F)(F)F)[C@H]2C(=O)c2ccc(F)cc2)cc1. The molecule has 3 rings (SSSR count). The van der Waals surface area contributed by atoms with E-state index in [0.717, 1.165) is 29.8 Å². The predicted octanol–water partition coefficient (Wildman–Crippen LogP) is 4.23. The van der Waals surface area contributed by atoms with Gasteiger partial charge in [0.1, 0.15) is 11.7 Å². The topological polar surface area (TPSA) is 78.4 Å². The van der Waals surface area contributed by atoms with E-state index in [1.807, 2.05) is 20.8 Å². The number of hydrogen-bond acceptors (Lipinski definition) is 3. The minimum Gasteiger partial charge on any atom is -0.363 e. The number of alkyl halides is 3. The molecular formula is C22H22F4N2O3. The van der Waals surface area contributed by atoms with E-state index in [2.05, 4.69) is 5.32 Å². The number of carbonyl (C=O) groups is 2. The lowest BCUT2D eigenvalue weighted by molar-refractivity contribution is -0.287. The van der Waals surface area contributed by atoms with Crippen LogP contribution in [0.5, 0.6) is 0 Å². The first-order valence-corrected chi connectivity index (χ1v) is 9.52. The quantitative estimate of drug-likeness (QED) is 0.496. The van der Waals surface area contributed by atoms with Gasteiger partial charge in [0, 0.05) is 5.56 Å². The number of hydrogen-bond donors (Lipinski definition) is 3. The fourth-order valence-corrected chi connectivity index (χ4v) is 3.60. The van der Waals surface area contributed by atoms with E-state index in [0.29, 0.717) is 0 Å². The van der Waals surface area contributed by atoms with Crippen molar-refractivity contribution in [3.8, 4) is 0 Å². The van der Waals surface area contributed by atoms with Gasteiger partial charge in [-0.15, -0.1) is 0 Å². The summed E-state index contributed by atoms with van der Waals surface area (Å²) < 4.78 is 54.9. The van der Waals surface area contributed by atoms with Gasteiger partial charge in [-0.2, -0.15) is 13.2 Å². The molecule has 1 heterocycles. The molecule has 0 radical (unpaired) electrons. The van der Waals surface area contributed by atoms with Gasteiger partial charge in [-0.1, -0.05) is 45.0 Å². The van der Waals surface area contributed by atoms with Crippen molar-refractivity contribution in [2.24, 2.45) is 5.92 Å². The molecule has 0 aliphatic carbocycles. The van der Waals surface area contributed by atoms with Crippen LogP contribution in [0.4, 0.5) is 22.4 Å². The lowest BCUT2D eigenvalue weighted by Crippen LogP contribution is -2.72. The third-order valence-corrected chi connectivity index (χ3v) is 5.35. The molecule has 0 unspecified atom stereocenters. The number of rotatable bonds is 3. The van der Waals surface area contributed by atoms with Gasteiger partial charge in [0.15, 0.2) is 5.78 Å². The molecule has 1 aliphatic rings. The lowest BCUT2D eigenvalue weighted by Gasteiger charge is -2.45. The van der Waals surface area contributed by atoms with Gasteiger partial charge in [0.05, 0.1) is 6.04 Å². The smallest absolute Gasteiger partial charge is 0.363 e. The summed E-state index contributed by atoms with van der Waals surface area (Å²) in [6.07, 6.45) is -5.35. The Morgan fingerprint density at radius 2 is 1.55 bits per heavy atom. The Hall–Kier alpha value is -2.94. The largest absolute Gasteiger partial charge is 0.437 e. The minimum absolute atomic E-state index is 0.214. The molecule has 2 aromatic carbocycles. The fourth-order valence-electron chi connectivity index (χ4n) is 3.60. The van der Waals surface area contributed by atoms with Crippen LogP contribution in [0.1, 0.15) is 48.3 Å². The molecule has 3 N–H and O–H groups in total. The van der Waals surface area contributed by atoms with Crippen molar-refractivity contribution in [2.45, 2.75) is 44.1 Å². The number of ketones is 1. The number of amides is 2. The molecule has 0 bridgehead atoms. The molecule has 166 valence electrons. The summed E-state index contributed by atoms with van der Waals surface area (Å²) in [6.45, 7) is 5.87. The zero-order valence-corrected chi connectivity index (χ0v) is 17.0. The van der Waals surface area contributed by atoms with Crippen molar-refractivity contribution in [1.82, 2.24) is 10.6 Å². The zero-order valence-electron chi connectivity index (χ0n) is 17.0. The number of carbonyl (C=O) groups excluding carboxylic acids is 2. The first-order chi connectivity index (χ1) is 14.2. The predicted molar refractivity (Wildman–Crippen MR) is 105 cm³/mol. The van der Waals surface area contributed by atoms with Gasteiger partial charge in [-0.25, -0.2) is 9.18 Å². The Balaban J connectivity index is 2.13. The maximum atomic E-state index is 13.9. The lowest BCUT2D eigenvalue weighted by atomic mass is 9.76. The van der Waals surface area contributed by atoms with Crippen LogP contribution in [0.3, 0.4) is 0 Å². The van der Waals surface area contributed by atoms with Crippen molar-refractivity contribution in [2.75, 3.05) is 0 Å². The van der Waals surface area contributed by atoms with Crippen LogP contribution in [-0.2, 0) is 5.41 Å². The second-order valence-corrected chi connectivity index (χ2v) is 8.56. The molecular weight excluding hydrogens is 416 g/mol. The first-order valence-electron chi connectivity index (χ1n) is 9.52. The summed E-state index contributed by atoms with van der Waals surface area (Å²) >= 11 is 0. The molecule has 2 amide bonds. The fraction of sp³-hybridized carbons (Fsp3) is 0.364. The molecule has 31 heavy (non-hydrogen) atoms. The number of halogens is 4. The molecule has 2 aromatic rings. The summed E-state index contributed by atoms with van der Waals surface area (Å²) in [5, 5.41) is 14.3. The Kier molecular flexibility index (Phi) is 5.60. The summed E-state index contributed by atoms with van der Waals surface area (Å²) in [4.78, 5) is 25.2. The Labute approximate surface area is 176 Å². The average molecular weight is 438 g/mol. The number of benzene rings is 2. The molecule has 0 aromatic heterocycles. The molecule has 0 spiro atoms. The Morgan fingerprint density at radius 3 is 2.03 bits per heavy atom. The molecule has 0 saturated carbocycles. The highest BCUT2D eigenvalue weighted by atomic mass is 19.4. The summed E-state index contributed by atoms with van der Waals surface area (Å²) in [5.41, 5.74) is -3.18. The van der Waals surface area contributed by atoms with Crippen molar-refractivity contribution < 1.29 is 32.3 Å². The van der Waals surface area contributed by atoms with E-state index in [1.54, 1.807) is 12.1 Å². The standard InChI is InChI=1S/C22H22F4N2O3/c1-20(2,3)14-8-4-12(5-9-14)17-16(18(29)13-6-10-15(23)11-7-13)21(31,22(24,25)26)28-19(30)27-17/h4-11,16-17,31H,1-3H3,(H2,27,28,30)/t16-,17+,21-/m1/s1. The first kappa shape index (κ1) is 22.7. The number of aliphatic hydroxyl groups is 1. The van der Waals surface area contributed by atoms with Crippen LogP contribution in [0, 0.1) is 11.7 Å². The second-order valence-electron chi connectivity index (χ2n) is 8.56. The minimum atomic E-state index is -5.35. The van der Waals surface area contributed by atoms with Crippen molar-refractivity contribution in [3.05, 3.63) is 71.0 Å². The Morgan fingerprint density at radius 1 is 1.00 bits per heavy atom. The van der Waals surface area contributed by atoms with Crippen LogP contribution < -0.4 is 10.6 Å². The van der Waals surface area contributed by atoms with E-state index in [9.17, 15) is 32.3 Å². The molecule has 1 aliphatic heterocycles. The number of Topliss-reactive ketones (excluding diaryl/α,β-unsaturated/α-hetero) is 1. The number of nitrogens with one attached hydrogen (secondary N) is 2. The monoisotopic (exact) mass is 438 g/mol. The maximum absolute atomic E-state index is 13.9. The molecule has 3 atom stereocenters. The molecule has 1 saturated heterocycles. The van der Waals surface area contributed by atoms with Crippen LogP contribution in [0.2, 0.25) is 0 Å². The van der Waals surface area contributed by atoms with Crippen molar-refractivity contribution >= 4 is 11.8 Å². The van der Waals surface area contributed by atoms with Crippen LogP contribution in [0.25, 0.3) is 0 Å². The molecule has 5 nitrogen and oxygen atoms in total. The maximum Gasteiger partial charge on any atom is 0.437 e. The average Bonchev–Trinajstić information content (AvgIpc) is 2.66.